The summed E-state index contributed by atoms with van der Waals surface area (Å²) in [5, 5.41) is 8.04. The van der Waals surface area contributed by atoms with Crippen LogP contribution in [0.3, 0.4) is 0 Å². The molecule has 7 nitrogen and oxygen atoms in total. The molecule has 4 aliphatic carbocycles. The Balaban J connectivity index is 1.42. The normalized spacial score (nSPS) is 30.1. The fraction of sp³-hybridized carbons (Fsp3) is 0.440. The number of hydrogen-bond acceptors (Lipinski definition) is 4. The van der Waals surface area contributed by atoms with Crippen LogP contribution in [0.1, 0.15) is 19.3 Å². The number of nitrogens with zero attached hydrogens (tertiary/aromatic N) is 4. The van der Waals surface area contributed by atoms with Crippen LogP contribution in [0, 0.1) is 41.2 Å². The molecule has 174 valence electrons. The summed E-state index contributed by atoms with van der Waals surface area (Å²) < 4.78 is 28.8. The number of fused-ring (bicyclic) bond motifs is 4. The average molecular weight is 464 g/mol. The Kier molecular flexibility index (Phi) is 3.97. The molecule has 4 aromatic rings. The molecule has 0 aliphatic heterocycles. The van der Waals surface area contributed by atoms with E-state index in [0.29, 0.717) is 50.7 Å². The highest BCUT2D eigenvalue weighted by Gasteiger charge is 2.65. The topological polar surface area (TPSA) is 87.3 Å². The van der Waals surface area contributed by atoms with E-state index in [0.717, 1.165) is 30.1 Å². The number of carbonyl (C=O) groups excluding carboxylic acids is 1. The first-order valence-electron chi connectivity index (χ1n) is 11.9. The number of quaternary nitrogens is 1. The third-order valence-electron chi connectivity index (χ3n) is 8.80. The van der Waals surface area contributed by atoms with Crippen molar-refractivity contribution in [2.24, 2.45) is 29.6 Å². The maximum absolute atomic E-state index is 14.3. The van der Waals surface area contributed by atoms with Crippen molar-refractivity contribution in [1.29, 1.82) is 0 Å². The van der Waals surface area contributed by atoms with Crippen molar-refractivity contribution >= 4 is 34.0 Å². The van der Waals surface area contributed by atoms with Gasteiger partial charge in [0.1, 0.15) is 40.4 Å². The van der Waals surface area contributed by atoms with Gasteiger partial charge in [-0.1, -0.05) is 0 Å². The molecule has 0 amide bonds. The van der Waals surface area contributed by atoms with Gasteiger partial charge in [0.15, 0.2) is 11.6 Å². The lowest BCUT2D eigenvalue weighted by Gasteiger charge is -2.52. The predicted molar refractivity (Wildman–Crippen MR) is 124 cm³/mol. The number of aromatic amines is 2. The van der Waals surface area contributed by atoms with Gasteiger partial charge in [-0.3, -0.25) is 9.58 Å². The van der Waals surface area contributed by atoms with Crippen LogP contribution >= 0.6 is 0 Å². The maximum Gasteiger partial charge on any atom is 0.240 e. The third kappa shape index (κ3) is 2.58. The lowest BCUT2D eigenvalue weighted by atomic mass is 9.61. The van der Waals surface area contributed by atoms with E-state index in [2.05, 4.69) is 34.3 Å². The van der Waals surface area contributed by atoms with Gasteiger partial charge < -0.3 is 9.78 Å². The molecule has 0 unspecified atom stereocenters. The summed E-state index contributed by atoms with van der Waals surface area (Å²) >= 11 is 0. The Hall–Kier alpha value is -3.20. The zero-order chi connectivity index (χ0) is 23.4. The molecule has 9 heteroatoms. The smallest absolute Gasteiger partial charge is 0.240 e. The van der Waals surface area contributed by atoms with Gasteiger partial charge >= 0.3 is 0 Å². The molecular formula is C25H25F2N6O+. The molecule has 0 spiro atoms. The second-order valence-electron chi connectivity index (χ2n) is 10.7. The van der Waals surface area contributed by atoms with Crippen molar-refractivity contribution in [3.63, 3.8) is 0 Å². The Labute approximate surface area is 194 Å². The van der Waals surface area contributed by atoms with Gasteiger partial charge in [0, 0.05) is 23.6 Å². The molecule has 2 bridgehead atoms. The van der Waals surface area contributed by atoms with Crippen LogP contribution in [0.4, 0.5) is 14.6 Å². The Morgan fingerprint density at radius 1 is 1.06 bits per heavy atom. The summed E-state index contributed by atoms with van der Waals surface area (Å²) in [4.78, 5) is 25.1. The molecule has 1 aromatic carbocycles. The van der Waals surface area contributed by atoms with Gasteiger partial charge in [-0.15, -0.1) is 0 Å². The number of nitrogens with one attached hydrogen (secondary N) is 2. The number of aldehydes is 1. The number of halogens is 2. The van der Waals surface area contributed by atoms with Gasteiger partial charge in [0.25, 0.3) is 0 Å². The second-order valence-corrected chi connectivity index (χ2v) is 10.7. The molecular weight excluding hydrogens is 438 g/mol. The molecule has 34 heavy (non-hydrogen) atoms. The van der Waals surface area contributed by atoms with Crippen LogP contribution in [-0.4, -0.2) is 51.6 Å². The standard InChI is InChI=1S/C25H25F2N6O/c1-33(2,22-13-4-3-12(18(22)10-34)15-9-16(13)15)25-14-5-6-28-23(14)29-24(30-25)21-17-7-11(26)8-19(27)20(17)31-32-21/h5-8,10,12-13,15-16,18,22H,3-4,9H2,1-2H3,(H,31,32)(H,28,29,30)/q+1/t12-,13-,15-,16+,18-,22-/m1/s1. The van der Waals surface area contributed by atoms with Crippen LogP contribution in [0.25, 0.3) is 33.5 Å². The highest BCUT2D eigenvalue weighted by atomic mass is 19.1. The number of hydrogen-bond donors (Lipinski definition) is 2. The average Bonchev–Trinajstić information content (AvgIpc) is 3.33. The van der Waals surface area contributed by atoms with E-state index in [1.54, 1.807) is 0 Å². The van der Waals surface area contributed by atoms with E-state index in [9.17, 15) is 13.6 Å². The van der Waals surface area contributed by atoms with E-state index >= 15 is 0 Å². The van der Waals surface area contributed by atoms with Crippen molar-refractivity contribution in [3.05, 3.63) is 36.0 Å². The zero-order valence-corrected chi connectivity index (χ0v) is 18.9. The molecule has 0 saturated heterocycles. The third-order valence-corrected chi connectivity index (χ3v) is 8.80. The van der Waals surface area contributed by atoms with Crippen LogP contribution < -0.4 is 4.48 Å². The zero-order valence-electron chi connectivity index (χ0n) is 18.9. The number of aromatic nitrogens is 5. The Morgan fingerprint density at radius 2 is 1.85 bits per heavy atom. The molecule has 2 N–H and O–H groups in total. The van der Waals surface area contributed by atoms with Crippen LogP contribution in [0.2, 0.25) is 0 Å². The first-order valence-corrected chi connectivity index (χ1v) is 11.9. The van der Waals surface area contributed by atoms with Crippen LogP contribution in [0.15, 0.2) is 24.4 Å². The van der Waals surface area contributed by atoms with Crippen LogP contribution in [0.5, 0.6) is 0 Å². The highest BCUT2D eigenvalue weighted by Crippen LogP contribution is 2.65. The summed E-state index contributed by atoms with van der Waals surface area (Å²) in [6.45, 7) is 0. The summed E-state index contributed by atoms with van der Waals surface area (Å²) in [5.41, 5.74) is 1.05. The van der Waals surface area contributed by atoms with Gasteiger partial charge in [0.05, 0.1) is 20.0 Å². The monoisotopic (exact) mass is 463 g/mol. The van der Waals surface area contributed by atoms with Gasteiger partial charge in [0.2, 0.25) is 5.82 Å². The molecule has 3 heterocycles. The summed E-state index contributed by atoms with van der Waals surface area (Å²) in [6.07, 6.45) is 6.53. The van der Waals surface area contributed by atoms with E-state index in [1.165, 1.54) is 18.8 Å². The summed E-state index contributed by atoms with van der Waals surface area (Å²) in [6, 6.07) is 4.15. The highest BCUT2D eigenvalue weighted by molar-refractivity contribution is 5.94. The quantitative estimate of drug-likeness (QED) is 0.351. The number of H-pyrrole nitrogens is 2. The largest absolute Gasteiger partial charge is 0.346 e. The van der Waals surface area contributed by atoms with Crippen molar-refractivity contribution in [3.8, 4) is 11.5 Å². The van der Waals surface area contributed by atoms with Crippen molar-refractivity contribution < 1.29 is 13.6 Å². The van der Waals surface area contributed by atoms with Crippen molar-refractivity contribution in [2.75, 3.05) is 14.1 Å². The number of rotatable bonds is 4. The summed E-state index contributed by atoms with van der Waals surface area (Å²) in [7, 11) is 4.25. The van der Waals surface area contributed by atoms with Gasteiger partial charge in [-0.25, -0.2) is 13.8 Å². The Bertz CT molecular complexity index is 1480. The van der Waals surface area contributed by atoms with E-state index < -0.39 is 11.6 Å². The first kappa shape index (κ1) is 20.2. The SMILES string of the molecule is C[N+](C)(c1nc(-c2[nH]nc3c(F)cc(F)cc23)nc2[nH]ccc12)[C@H]1[C@H](C=O)[C@@H]2CC[C@@H]1[C@@H]1C[C@@H]12. The van der Waals surface area contributed by atoms with E-state index in [1.807, 2.05) is 12.3 Å². The minimum atomic E-state index is -0.735. The minimum Gasteiger partial charge on any atom is -0.346 e. The molecule has 4 aliphatic rings. The fourth-order valence-corrected chi connectivity index (χ4v) is 7.39. The molecule has 4 fully saturated rings. The molecule has 6 atom stereocenters. The molecule has 4 saturated carbocycles. The number of carbonyl (C=O) groups is 1. The molecule has 0 radical (unpaired) electrons. The maximum atomic E-state index is 14.3. The lowest BCUT2D eigenvalue weighted by molar-refractivity contribution is -0.120. The fourth-order valence-electron chi connectivity index (χ4n) is 7.39. The minimum absolute atomic E-state index is 0.00100. The Morgan fingerprint density at radius 3 is 2.68 bits per heavy atom. The van der Waals surface area contributed by atoms with Gasteiger partial charge in [-0.05, 0) is 49.1 Å². The van der Waals surface area contributed by atoms with Crippen LogP contribution in [-0.2, 0) is 4.79 Å². The molecule has 3 aromatic heterocycles. The number of benzene rings is 1. The van der Waals surface area contributed by atoms with Gasteiger partial charge in [-0.2, -0.15) is 10.1 Å². The van der Waals surface area contributed by atoms with E-state index in [-0.39, 0.29) is 17.5 Å². The second kappa shape index (κ2) is 6.69. The predicted octanol–water partition coefficient (Wildman–Crippen LogP) is 4.21. The van der Waals surface area contributed by atoms with Crippen molar-refractivity contribution in [2.45, 2.75) is 25.3 Å². The van der Waals surface area contributed by atoms with E-state index in [4.69, 9.17) is 4.98 Å². The first-order chi connectivity index (χ1) is 16.4. The molecule has 8 rings (SSSR count). The summed E-state index contributed by atoms with van der Waals surface area (Å²) in [5.74, 6) is 2.06. The lowest BCUT2D eigenvalue weighted by Crippen LogP contribution is -2.63. The van der Waals surface area contributed by atoms with Crippen molar-refractivity contribution in [1.82, 2.24) is 29.6 Å².